The molecule has 3 N–H and O–H groups in total. The number of aliphatic hydroxyl groups is 1. The van der Waals surface area contributed by atoms with Crippen LogP contribution in [0.3, 0.4) is 0 Å². The molecule has 6 heteroatoms. The van der Waals surface area contributed by atoms with E-state index < -0.39 is 0 Å². The summed E-state index contributed by atoms with van der Waals surface area (Å²) < 4.78 is 5.24. The van der Waals surface area contributed by atoms with Crippen LogP contribution in [-0.2, 0) is 19.4 Å². The molecule has 25 heavy (non-hydrogen) atoms. The van der Waals surface area contributed by atoms with Crippen LogP contribution in [0.25, 0.3) is 0 Å². The first-order valence-corrected chi connectivity index (χ1v) is 8.84. The van der Waals surface area contributed by atoms with Crippen LogP contribution < -0.4 is 15.2 Å². The van der Waals surface area contributed by atoms with E-state index in [-0.39, 0.29) is 11.7 Å². The van der Waals surface area contributed by atoms with Crippen LogP contribution in [0, 0.1) is 0 Å². The molecule has 3 rings (SSSR count). The summed E-state index contributed by atoms with van der Waals surface area (Å²) in [5, 5.41) is 9.85. The number of hydrogen-bond acceptors (Lipinski definition) is 4. The van der Waals surface area contributed by atoms with Crippen molar-refractivity contribution in [1.29, 1.82) is 0 Å². The van der Waals surface area contributed by atoms with E-state index in [2.05, 4.69) is 9.97 Å². The molecule has 6 nitrogen and oxygen atoms in total. The molecule has 2 aromatic rings. The third-order valence-corrected chi connectivity index (χ3v) is 4.79. The van der Waals surface area contributed by atoms with Crippen molar-refractivity contribution in [3.63, 3.8) is 0 Å². The highest BCUT2D eigenvalue weighted by molar-refractivity contribution is 5.30. The van der Waals surface area contributed by atoms with Gasteiger partial charge in [0.15, 0.2) is 0 Å². The Morgan fingerprint density at radius 1 is 1.44 bits per heavy atom. The standard InChI is InChI=1S/C19H25N3O3/c1-3-14(23)11-22-8-7-17-16(12-22)19(24)21-18(20-17)10-13-5-4-6-15(9-13)25-2/h4-6,9,14,23H,3,7-8,10-12H2,1-2H3,(H,20,21,24)/p+1/t14-/m1/s1. The predicted molar refractivity (Wildman–Crippen MR) is 95.1 cm³/mol. The topological polar surface area (TPSA) is 79.7 Å². The van der Waals surface area contributed by atoms with Gasteiger partial charge in [-0.1, -0.05) is 19.1 Å². The maximum absolute atomic E-state index is 12.5. The summed E-state index contributed by atoms with van der Waals surface area (Å²) in [6.07, 6.45) is 1.78. The largest absolute Gasteiger partial charge is 0.497 e. The molecule has 0 amide bonds. The molecule has 1 aliphatic rings. The number of fused-ring (bicyclic) bond motifs is 1. The number of methoxy groups -OCH3 is 1. The van der Waals surface area contributed by atoms with Crippen LogP contribution in [0.15, 0.2) is 29.1 Å². The van der Waals surface area contributed by atoms with Crippen LogP contribution in [0.5, 0.6) is 5.75 Å². The summed E-state index contributed by atoms with van der Waals surface area (Å²) in [5.41, 5.74) is 2.66. The zero-order valence-electron chi connectivity index (χ0n) is 14.8. The van der Waals surface area contributed by atoms with Crippen LogP contribution in [0.4, 0.5) is 0 Å². The van der Waals surface area contributed by atoms with Gasteiger partial charge in [-0.15, -0.1) is 0 Å². The molecule has 134 valence electrons. The third-order valence-electron chi connectivity index (χ3n) is 4.79. The minimum Gasteiger partial charge on any atom is -0.497 e. The zero-order chi connectivity index (χ0) is 17.8. The minimum absolute atomic E-state index is 0.0499. The second kappa shape index (κ2) is 7.80. The summed E-state index contributed by atoms with van der Waals surface area (Å²) >= 11 is 0. The first kappa shape index (κ1) is 17.6. The van der Waals surface area contributed by atoms with E-state index >= 15 is 0 Å². The normalized spacial score (nSPS) is 17.8. The number of aliphatic hydroxyl groups excluding tert-OH is 1. The minimum atomic E-state index is -0.309. The number of rotatable bonds is 6. The Balaban J connectivity index is 1.77. The Bertz CT molecular complexity index is 788. The van der Waals surface area contributed by atoms with E-state index in [1.807, 2.05) is 31.2 Å². The van der Waals surface area contributed by atoms with Crippen molar-refractivity contribution in [2.45, 2.75) is 38.8 Å². The van der Waals surface area contributed by atoms with Crippen molar-refractivity contribution < 1.29 is 14.7 Å². The van der Waals surface area contributed by atoms with Crippen molar-refractivity contribution in [1.82, 2.24) is 9.97 Å². The molecule has 0 bridgehead atoms. The highest BCUT2D eigenvalue weighted by Gasteiger charge is 2.25. The Kier molecular flexibility index (Phi) is 5.50. The number of quaternary nitrogens is 1. The average molecular weight is 344 g/mol. The van der Waals surface area contributed by atoms with Gasteiger partial charge in [0, 0.05) is 12.8 Å². The van der Waals surface area contributed by atoms with Crippen molar-refractivity contribution in [3.8, 4) is 5.75 Å². The summed E-state index contributed by atoms with van der Waals surface area (Å²) in [6, 6.07) is 7.79. The van der Waals surface area contributed by atoms with E-state index in [4.69, 9.17) is 4.74 Å². The second-order valence-corrected chi connectivity index (χ2v) is 6.66. The van der Waals surface area contributed by atoms with Crippen LogP contribution in [0.2, 0.25) is 0 Å². The maximum Gasteiger partial charge on any atom is 0.260 e. The second-order valence-electron chi connectivity index (χ2n) is 6.66. The molecule has 1 aromatic carbocycles. The number of aromatic amines is 1. The molecule has 0 saturated carbocycles. The molecule has 0 fully saturated rings. The summed E-state index contributed by atoms with van der Waals surface area (Å²) in [6.45, 7) is 4.19. The fourth-order valence-electron chi connectivity index (χ4n) is 3.33. The van der Waals surface area contributed by atoms with Crippen molar-refractivity contribution in [3.05, 3.63) is 57.3 Å². The highest BCUT2D eigenvalue weighted by Crippen LogP contribution is 2.15. The molecule has 1 unspecified atom stereocenters. The highest BCUT2D eigenvalue weighted by atomic mass is 16.5. The third kappa shape index (κ3) is 4.27. The quantitative estimate of drug-likeness (QED) is 0.693. The SMILES string of the molecule is CC[C@@H](O)C[NH+]1CCc2nc(Cc3cccc(OC)c3)[nH]c(=O)c2C1. The lowest BCUT2D eigenvalue weighted by molar-refractivity contribution is -0.919. The van der Waals surface area contributed by atoms with Gasteiger partial charge < -0.3 is 19.7 Å². The lowest BCUT2D eigenvalue weighted by Gasteiger charge is -2.26. The van der Waals surface area contributed by atoms with Gasteiger partial charge in [-0.05, 0) is 24.1 Å². The number of hydrogen-bond donors (Lipinski definition) is 3. The van der Waals surface area contributed by atoms with Gasteiger partial charge in [0.05, 0.1) is 24.9 Å². The number of ether oxygens (including phenoxy) is 1. The molecule has 0 radical (unpaired) electrons. The number of H-pyrrole nitrogens is 1. The van der Waals surface area contributed by atoms with Crippen molar-refractivity contribution in [2.24, 2.45) is 0 Å². The smallest absolute Gasteiger partial charge is 0.260 e. The van der Waals surface area contributed by atoms with E-state index in [0.29, 0.717) is 25.3 Å². The monoisotopic (exact) mass is 344 g/mol. The molecule has 0 saturated heterocycles. The Labute approximate surface area is 147 Å². The molecular weight excluding hydrogens is 318 g/mol. The van der Waals surface area contributed by atoms with E-state index in [9.17, 15) is 9.90 Å². The lowest BCUT2D eigenvalue weighted by Crippen LogP contribution is -3.13. The Morgan fingerprint density at radius 2 is 2.28 bits per heavy atom. The Morgan fingerprint density at radius 3 is 3.04 bits per heavy atom. The molecule has 0 spiro atoms. The lowest BCUT2D eigenvalue weighted by atomic mass is 10.1. The van der Waals surface area contributed by atoms with Gasteiger partial charge in [0.2, 0.25) is 0 Å². The fourth-order valence-corrected chi connectivity index (χ4v) is 3.33. The maximum atomic E-state index is 12.5. The molecule has 2 heterocycles. The summed E-state index contributed by atoms with van der Waals surface area (Å²) in [5.74, 6) is 1.49. The van der Waals surface area contributed by atoms with Crippen LogP contribution in [0.1, 0.15) is 36.0 Å². The van der Waals surface area contributed by atoms with Gasteiger partial charge >= 0.3 is 0 Å². The van der Waals surface area contributed by atoms with Gasteiger partial charge in [-0.2, -0.15) is 0 Å². The summed E-state index contributed by atoms with van der Waals surface area (Å²) in [7, 11) is 1.64. The van der Waals surface area contributed by atoms with Crippen molar-refractivity contribution in [2.75, 3.05) is 20.2 Å². The molecule has 0 aliphatic carbocycles. The van der Waals surface area contributed by atoms with E-state index in [0.717, 1.165) is 42.0 Å². The average Bonchev–Trinajstić information content (AvgIpc) is 2.62. The van der Waals surface area contributed by atoms with Gasteiger partial charge in [0.25, 0.3) is 5.56 Å². The van der Waals surface area contributed by atoms with Crippen LogP contribution in [-0.4, -0.2) is 41.4 Å². The molecule has 1 aliphatic heterocycles. The van der Waals surface area contributed by atoms with E-state index in [1.165, 1.54) is 4.90 Å². The molecular formula is C19H26N3O3+. The van der Waals surface area contributed by atoms with Gasteiger partial charge in [-0.3, -0.25) is 4.79 Å². The predicted octanol–water partition coefficient (Wildman–Crippen LogP) is 0.0812. The fraction of sp³-hybridized carbons (Fsp3) is 0.474. The van der Waals surface area contributed by atoms with Crippen molar-refractivity contribution >= 4 is 0 Å². The number of nitrogens with one attached hydrogen (secondary N) is 2. The van der Waals surface area contributed by atoms with Crippen LogP contribution >= 0.6 is 0 Å². The number of nitrogens with zero attached hydrogens (tertiary/aromatic N) is 1. The Hall–Kier alpha value is -2.18. The van der Waals surface area contributed by atoms with Gasteiger partial charge in [0.1, 0.15) is 30.8 Å². The number of benzene rings is 1. The molecule has 2 atom stereocenters. The number of aromatic nitrogens is 2. The molecule has 1 aromatic heterocycles. The first-order chi connectivity index (χ1) is 12.1. The summed E-state index contributed by atoms with van der Waals surface area (Å²) in [4.78, 5) is 21.4. The van der Waals surface area contributed by atoms with E-state index in [1.54, 1.807) is 7.11 Å². The first-order valence-electron chi connectivity index (χ1n) is 8.84. The van der Waals surface area contributed by atoms with Gasteiger partial charge in [-0.25, -0.2) is 4.98 Å². The zero-order valence-corrected chi connectivity index (χ0v) is 14.8.